The molecule has 2 heterocycles. The van der Waals surface area contributed by atoms with Crippen LogP contribution in [0.3, 0.4) is 0 Å². The van der Waals surface area contributed by atoms with Crippen LogP contribution in [0.1, 0.15) is 17.3 Å². The molecule has 1 aliphatic heterocycles. The van der Waals surface area contributed by atoms with Gasteiger partial charge in [-0.3, -0.25) is 14.4 Å². The highest BCUT2D eigenvalue weighted by atomic mass is 35.5. The third-order valence-electron chi connectivity index (χ3n) is 6.57. The van der Waals surface area contributed by atoms with Gasteiger partial charge in [0.05, 0.1) is 27.5 Å². The fourth-order valence-corrected chi connectivity index (χ4v) is 6.73. The van der Waals surface area contributed by atoms with Gasteiger partial charge in [0.15, 0.2) is 5.13 Å². The van der Waals surface area contributed by atoms with Gasteiger partial charge >= 0.3 is 0 Å². The van der Waals surface area contributed by atoms with Crippen LogP contribution in [0, 0.1) is 0 Å². The number of piperazine rings is 1. The number of thiazole rings is 1. The monoisotopic (exact) mass is 635 g/mol. The summed E-state index contributed by atoms with van der Waals surface area (Å²) in [5.41, 5.74) is 1.38. The number of nitrogens with zero attached hydrogens (tertiary/aromatic N) is 3. The van der Waals surface area contributed by atoms with Crippen LogP contribution in [0.4, 0.5) is 10.8 Å². The third kappa shape index (κ3) is 7.41. The van der Waals surface area contributed by atoms with E-state index in [1.807, 2.05) is 19.1 Å². The van der Waals surface area contributed by atoms with Gasteiger partial charge in [0.2, 0.25) is 0 Å². The van der Waals surface area contributed by atoms with Gasteiger partial charge in [0, 0.05) is 44.3 Å². The molecule has 1 aliphatic rings. The number of carbonyl (C=O) groups is 1. The van der Waals surface area contributed by atoms with Crippen molar-refractivity contribution >= 4 is 72.3 Å². The van der Waals surface area contributed by atoms with Crippen molar-refractivity contribution in [2.45, 2.75) is 11.8 Å². The van der Waals surface area contributed by atoms with Crippen LogP contribution in [0.25, 0.3) is 10.2 Å². The minimum atomic E-state index is -3.88. The molecule has 41 heavy (non-hydrogen) atoms. The highest BCUT2D eigenvalue weighted by Crippen LogP contribution is 2.34. The number of para-hydroxylation sites is 2. The maximum Gasteiger partial charge on any atom is 0.261 e. The second-order valence-corrected chi connectivity index (χ2v) is 12.3. The molecule has 3 aromatic carbocycles. The van der Waals surface area contributed by atoms with Gasteiger partial charge in [-0.05, 0) is 55.5 Å². The van der Waals surface area contributed by atoms with Crippen LogP contribution >= 0.6 is 35.3 Å². The van der Waals surface area contributed by atoms with Crippen LogP contribution in [-0.4, -0.2) is 70.1 Å². The van der Waals surface area contributed by atoms with E-state index < -0.39 is 10.0 Å². The molecule has 9 nitrogen and oxygen atoms in total. The fraction of sp³-hybridized carbons (Fsp3) is 0.286. The number of sulfonamides is 1. The number of rotatable bonds is 10. The van der Waals surface area contributed by atoms with Crippen molar-refractivity contribution in [3.63, 3.8) is 0 Å². The van der Waals surface area contributed by atoms with Crippen molar-refractivity contribution in [3.8, 4) is 5.75 Å². The van der Waals surface area contributed by atoms with Crippen LogP contribution in [0.2, 0.25) is 5.02 Å². The summed E-state index contributed by atoms with van der Waals surface area (Å²) in [4.78, 5) is 22.5. The second kappa shape index (κ2) is 13.7. The predicted molar refractivity (Wildman–Crippen MR) is 168 cm³/mol. The van der Waals surface area contributed by atoms with E-state index in [9.17, 15) is 13.2 Å². The van der Waals surface area contributed by atoms with Gasteiger partial charge in [-0.2, -0.15) is 0 Å². The SMILES string of the molecule is CCOc1cccc2sc(N3CCN(CCNC(=O)c4ccccc4NS(=O)(=O)c4ccc(Cl)cc4)CC3)nc12.Cl. The Balaban J connectivity index is 0.00000387. The van der Waals surface area contributed by atoms with Crippen LogP contribution in [-0.2, 0) is 10.0 Å². The highest BCUT2D eigenvalue weighted by molar-refractivity contribution is 7.92. The summed E-state index contributed by atoms with van der Waals surface area (Å²) in [6.07, 6.45) is 0. The second-order valence-electron chi connectivity index (χ2n) is 9.22. The zero-order valence-electron chi connectivity index (χ0n) is 22.4. The van der Waals surface area contributed by atoms with Gasteiger partial charge < -0.3 is 15.0 Å². The summed E-state index contributed by atoms with van der Waals surface area (Å²) in [7, 11) is -3.88. The number of anilines is 2. The average Bonchev–Trinajstić information content (AvgIpc) is 3.39. The van der Waals surface area contributed by atoms with Crippen molar-refractivity contribution in [1.82, 2.24) is 15.2 Å². The van der Waals surface area contributed by atoms with Crippen molar-refractivity contribution in [3.05, 3.63) is 77.3 Å². The maximum atomic E-state index is 13.0. The molecule has 0 saturated carbocycles. The Bertz CT molecular complexity index is 1590. The third-order valence-corrected chi connectivity index (χ3v) is 9.28. The molecule has 0 aliphatic carbocycles. The zero-order valence-corrected chi connectivity index (χ0v) is 25.6. The molecule has 0 atom stereocenters. The van der Waals surface area contributed by atoms with Crippen molar-refractivity contribution in [2.75, 3.05) is 55.5 Å². The van der Waals surface area contributed by atoms with E-state index in [1.54, 1.807) is 35.6 Å². The number of hydrogen-bond donors (Lipinski definition) is 2. The molecule has 1 fully saturated rings. The summed E-state index contributed by atoms with van der Waals surface area (Å²) in [6, 6.07) is 18.4. The van der Waals surface area contributed by atoms with E-state index in [2.05, 4.69) is 25.9 Å². The lowest BCUT2D eigenvalue weighted by Gasteiger charge is -2.34. The van der Waals surface area contributed by atoms with Crippen molar-refractivity contribution < 1.29 is 17.9 Å². The Labute approximate surface area is 254 Å². The number of nitrogens with one attached hydrogen (secondary N) is 2. The number of carbonyl (C=O) groups excluding carboxylic acids is 1. The highest BCUT2D eigenvalue weighted by Gasteiger charge is 2.22. The van der Waals surface area contributed by atoms with Gasteiger partial charge in [0.25, 0.3) is 15.9 Å². The molecule has 1 saturated heterocycles. The van der Waals surface area contributed by atoms with E-state index in [4.69, 9.17) is 21.3 Å². The molecular weight excluding hydrogens is 605 g/mol. The Morgan fingerprint density at radius 1 is 1.02 bits per heavy atom. The molecule has 0 spiro atoms. The molecule has 0 unspecified atom stereocenters. The summed E-state index contributed by atoms with van der Waals surface area (Å²) in [5.74, 6) is 0.476. The summed E-state index contributed by atoms with van der Waals surface area (Å²) in [5, 5.41) is 4.36. The molecule has 0 radical (unpaired) electrons. The lowest BCUT2D eigenvalue weighted by atomic mass is 10.1. The van der Waals surface area contributed by atoms with Crippen LogP contribution < -0.4 is 19.7 Å². The molecule has 218 valence electrons. The van der Waals surface area contributed by atoms with Crippen LogP contribution in [0.15, 0.2) is 71.6 Å². The maximum absolute atomic E-state index is 13.0. The van der Waals surface area contributed by atoms with Gasteiger partial charge in [-0.1, -0.05) is 41.1 Å². The summed E-state index contributed by atoms with van der Waals surface area (Å²) < 4.78 is 35.0. The smallest absolute Gasteiger partial charge is 0.261 e. The summed E-state index contributed by atoms with van der Waals surface area (Å²) in [6.45, 7) is 7.08. The topological polar surface area (TPSA) is 104 Å². The molecule has 2 N–H and O–H groups in total. The van der Waals surface area contributed by atoms with Crippen LogP contribution in [0.5, 0.6) is 5.75 Å². The summed E-state index contributed by atoms with van der Waals surface area (Å²) >= 11 is 7.55. The Hall–Kier alpha value is -3.09. The number of hydrogen-bond acceptors (Lipinski definition) is 8. The normalized spacial score (nSPS) is 14.0. The minimum absolute atomic E-state index is 0. The van der Waals surface area contributed by atoms with E-state index in [0.29, 0.717) is 24.7 Å². The lowest BCUT2D eigenvalue weighted by molar-refractivity contribution is 0.0948. The van der Waals surface area contributed by atoms with Gasteiger partial charge in [-0.15, -0.1) is 12.4 Å². The first-order valence-corrected chi connectivity index (χ1v) is 15.7. The fourth-order valence-electron chi connectivity index (χ4n) is 4.49. The lowest BCUT2D eigenvalue weighted by Crippen LogP contribution is -2.48. The van der Waals surface area contributed by atoms with Crippen molar-refractivity contribution in [2.24, 2.45) is 0 Å². The molecule has 1 amide bonds. The Morgan fingerprint density at radius 3 is 2.49 bits per heavy atom. The molecule has 0 bridgehead atoms. The van der Waals surface area contributed by atoms with E-state index in [0.717, 1.165) is 47.3 Å². The minimum Gasteiger partial charge on any atom is -0.492 e. The van der Waals surface area contributed by atoms with Gasteiger partial charge in [0.1, 0.15) is 11.3 Å². The average molecular weight is 637 g/mol. The molecule has 13 heteroatoms. The zero-order chi connectivity index (χ0) is 28.1. The van der Waals surface area contributed by atoms with E-state index >= 15 is 0 Å². The molecule has 4 aromatic rings. The standard InChI is InChI=1S/C28H30ClN5O4S2.ClH/c1-2-38-24-8-5-9-25-26(24)31-28(39-25)34-18-16-33(17-19-34)15-14-30-27(35)22-6-3-4-7-23(22)32-40(36,37)21-12-10-20(29)11-13-21;/h3-13,32H,2,14-19H2,1H3,(H,30,35);1H. The van der Waals surface area contributed by atoms with E-state index in [1.165, 1.54) is 24.3 Å². The Morgan fingerprint density at radius 2 is 1.76 bits per heavy atom. The number of fused-ring (bicyclic) bond motifs is 1. The number of amides is 1. The predicted octanol–water partition coefficient (Wildman–Crippen LogP) is 5.12. The molecular formula is C28H31Cl2N5O4S2. The van der Waals surface area contributed by atoms with Gasteiger partial charge in [-0.25, -0.2) is 13.4 Å². The molecule has 1 aromatic heterocycles. The first-order chi connectivity index (χ1) is 19.3. The van der Waals surface area contributed by atoms with E-state index in [-0.39, 0.29) is 34.5 Å². The number of aromatic nitrogens is 1. The Kier molecular flexibility index (Phi) is 10.3. The number of benzene rings is 3. The molecule has 5 rings (SSSR count). The number of ether oxygens (including phenoxy) is 1. The first kappa shape index (κ1) is 30.9. The first-order valence-electron chi connectivity index (χ1n) is 13.0. The number of halogens is 2. The quantitative estimate of drug-likeness (QED) is 0.249. The largest absolute Gasteiger partial charge is 0.492 e. The van der Waals surface area contributed by atoms with Crippen molar-refractivity contribution in [1.29, 1.82) is 0 Å².